The minimum atomic E-state index is -0.256. The Morgan fingerprint density at radius 1 is 1.24 bits per heavy atom. The SMILES string of the molecule is OC(c1cc2ccc(Br)cc2s1)C1CCCC1. The number of halogens is 1. The fraction of sp³-hybridized carbons (Fsp3) is 0.429. The summed E-state index contributed by atoms with van der Waals surface area (Å²) in [6.07, 6.45) is 4.66. The van der Waals surface area contributed by atoms with Gasteiger partial charge in [-0.2, -0.15) is 0 Å². The van der Waals surface area contributed by atoms with Gasteiger partial charge in [0.05, 0.1) is 6.10 Å². The van der Waals surface area contributed by atoms with Gasteiger partial charge in [0, 0.05) is 14.0 Å². The molecule has 90 valence electrons. The molecule has 1 heterocycles. The van der Waals surface area contributed by atoms with Crippen molar-refractivity contribution in [1.29, 1.82) is 0 Å². The molecule has 1 nitrogen and oxygen atoms in total. The van der Waals surface area contributed by atoms with Gasteiger partial charge in [-0.25, -0.2) is 0 Å². The van der Waals surface area contributed by atoms with Crippen molar-refractivity contribution < 1.29 is 5.11 Å². The minimum Gasteiger partial charge on any atom is -0.387 e. The maximum absolute atomic E-state index is 10.4. The fourth-order valence-electron chi connectivity index (χ4n) is 2.68. The van der Waals surface area contributed by atoms with Crippen LogP contribution >= 0.6 is 27.3 Å². The number of hydrogen-bond acceptors (Lipinski definition) is 2. The van der Waals surface area contributed by atoms with E-state index in [9.17, 15) is 5.11 Å². The highest BCUT2D eigenvalue weighted by Gasteiger charge is 2.25. The summed E-state index contributed by atoms with van der Waals surface area (Å²) >= 11 is 5.22. The van der Waals surface area contributed by atoms with Crippen LogP contribution in [0, 0.1) is 5.92 Å². The summed E-state index contributed by atoms with van der Waals surface area (Å²) in [5.41, 5.74) is 0. The molecule has 0 bridgehead atoms. The third-order valence-electron chi connectivity index (χ3n) is 3.64. The van der Waals surface area contributed by atoms with Crippen molar-refractivity contribution in [3.8, 4) is 0 Å². The average Bonchev–Trinajstić information content (AvgIpc) is 2.96. The zero-order chi connectivity index (χ0) is 11.8. The first-order valence-corrected chi connectivity index (χ1v) is 7.72. The topological polar surface area (TPSA) is 20.2 Å². The molecule has 17 heavy (non-hydrogen) atoms. The molecule has 0 aliphatic heterocycles. The first-order chi connectivity index (χ1) is 8.24. The molecule has 1 N–H and O–H groups in total. The Kier molecular flexibility index (Phi) is 3.24. The van der Waals surface area contributed by atoms with E-state index in [2.05, 4.69) is 40.2 Å². The van der Waals surface area contributed by atoms with E-state index in [4.69, 9.17) is 0 Å². The molecule has 1 atom stereocenters. The van der Waals surface area contributed by atoms with Crippen molar-refractivity contribution >= 4 is 37.4 Å². The predicted molar refractivity (Wildman–Crippen MR) is 76.4 cm³/mol. The first kappa shape index (κ1) is 11.7. The number of hydrogen-bond donors (Lipinski definition) is 1. The van der Waals surface area contributed by atoms with Crippen molar-refractivity contribution in [2.75, 3.05) is 0 Å². The summed E-state index contributed by atoms with van der Waals surface area (Å²) in [7, 11) is 0. The van der Waals surface area contributed by atoms with Crippen LogP contribution in [0.2, 0.25) is 0 Å². The van der Waals surface area contributed by atoms with Crippen molar-refractivity contribution in [1.82, 2.24) is 0 Å². The van der Waals surface area contributed by atoms with Gasteiger partial charge in [0.15, 0.2) is 0 Å². The molecular formula is C14H15BrOS. The molecule has 3 heteroatoms. The lowest BCUT2D eigenvalue weighted by Gasteiger charge is -2.15. The average molecular weight is 311 g/mol. The van der Waals surface area contributed by atoms with E-state index in [1.54, 1.807) is 11.3 Å². The van der Waals surface area contributed by atoms with Gasteiger partial charge in [-0.1, -0.05) is 34.8 Å². The molecule has 1 aliphatic carbocycles. The van der Waals surface area contributed by atoms with Gasteiger partial charge in [-0.15, -0.1) is 11.3 Å². The van der Waals surface area contributed by atoms with Gasteiger partial charge in [-0.3, -0.25) is 0 Å². The van der Waals surface area contributed by atoms with Gasteiger partial charge in [0.25, 0.3) is 0 Å². The third-order valence-corrected chi connectivity index (χ3v) is 5.30. The van der Waals surface area contributed by atoms with E-state index in [1.807, 2.05) is 0 Å². The summed E-state index contributed by atoms with van der Waals surface area (Å²) in [6, 6.07) is 8.45. The number of fused-ring (bicyclic) bond motifs is 1. The second kappa shape index (κ2) is 4.71. The van der Waals surface area contributed by atoms with Crippen molar-refractivity contribution in [2.24, 2.45) is 5.92 Å². The standard InChI is InChI=1S/C14H15BrOS/c15-11-6-5-10-7-13(17-12(10)8-11)14(16)9-3-1-2-4-9/h5-9,14,16H,1-4H2. The second-order valence-electron chi connectivity index (χ2n) is 4.82. The number of aliphatic hydroxyl groups is 1. The van der Waals surface area contributed by atoms with Crippen LogP contribution in [0.1, 0.15) is 36.7 Å². The van der Waals surface area contributed by atoms with Gasteiger partial charge in [0.1, 0.15) is 0 Å². The lowest BCUT2D eigenvalue weighted by atomic mass is 9.99. The molecule has 0 saturated heterocycles. The fourth-order valence-corrected chi connectivity index (χ4v) is 4.37. The monoisotopic (exact) mass is 310 g/mol. The van der Waals surface area contributed by atoms with Crippen LogP contribution in [-0.4, -0.2) is 5.11 Å². The highest BCUT2D eigenvalue weighted by Crippen LogP contribution is 2.40. The molecule has 3 rings (SSSR count). The van der Waals surface area contributed by atoms with Crippen LogP contribution in [0.15, 0.2) is 28.7 Å². The first-order valence-electron chi connectivity index (χ1n) is 6.11. The summed E-state index contributed by atoms with van der Waals surface area (Å²) < 4.78 is 2.36. The maximum Gasteiger partial charge on any atom is 0.0910 e. The molecule has 1 aromatic carbocycles. The van der Waals surface area contributed by atoms with E-state index in [0.29, 0.717) is 5.92 Å². The lowest BCUT2D eigenvalue weighted by molar-refractivity contribution is 0.115. The molecule has 1 aromatic heterocycles. The molecule has 2 aromatic rings. The summed E-state index contributed by atoms with van der Waals surface area (Å²) in [5.74, 6) is 0.478. The van der Waals surface area contributed by atoms with Crippen LogP contribution < -0.4 is 0 Å². The van der Waals surface area contributed by atoms with Gasteiger partial charge >= 0.3 is 0 Å². The maximum atomic E-state index is 10.4. The number of benzene rings is 1. The molecule has 1 fully saturated rings. The molecule has 1 saturated carbocycles. The number of rotatable bonds is 2. The van der Waals surface area contributed by atoms with Crippen LogP contribution in [0.5, 0.6) is 0 Å². The summed E-state index contributed by atoms with van der Waals surface area (Å²) in [4.78, 5) is 1.13. The molecule has 0 radical (unpaired) electrons. The Bertz CT molecular complexity index is 528. The van der Waals surface area contributed by atoms with Crippen molar-refractivity contribution in [3.05, 3.63) is 33.6 Å². The second-order valence-corrected chi connectivity index (χ2v) is 6.85. The van der Waals surface area contributed by atoms with E-state index < -0.39 is 0 Å². The van der Waals surface area contributed by atoms with Gasteiger partial charge < -0.3 is 5.11 Å². The van der Waals surface area contributed by atoms with E-state index >= 15 is 0 Å². The van der Waals surface area contributed by atoms with Crippen LogP contribution in [0.3, 0.4) is 0 Å². The highest BCUT2D eigenvalue weighted by molar-refractivity contribution is 9.10. The number of aliphatic hydroxyl groups excluding tert-OH is 1. The predicted octanol–water partition coefficient (Wildman–Crippen LogP) is 4.89. The largest absolute Gasteiger partial charge is 0.387 e. The third kappa shape index (κ3) is 2.28. The Morgan fingerprint density at radius 3 is 2.76 bits per heavy atom. The minimum absolute atomic E-state index is 0.256. The molecule has 1 aliphatic rings. The number of thiophene rings is 1. The van der Waals surface area contributed by atoms with E-state index in [1.165, 1.54) is 35.8 Å². The van der Waals surface area contributed by atoms with E-state index in [-0.39, 0.29) is 6.10 Å². The zero-order valence-corrected chi connectivity index (χ0v) is 11.9. The zero-order valence-electron chi connectivity index (χ0n) is 9.53. The van der Waals surface area contributed by atoms with Crippen LogP contribution in [0.25, 0.3) is 10.1 Å². The quantitative estimate of drug-likeness (QED) is 0.837. The van der Waals surface area contributed by atoms with Gasteiger partial charge in [-0.05, 0) is 42.3 Å². The lowest BCUT2D eigenvalue weighted by Crippen LogP contribution is -2.06. The van der Waals surface area contributed by atoms with Gasteiger partial charge in [0.2, 0.25) is 0 Å². The smallest absolute Gasteiger partial charge is 0.0910 e. The van der Waals surface area contributed by atoms with E-state index in [0.717, 1.165) is 9.35 Å². The normalized spacial score (nSPS) is 18.9. The Labute approximate surface area is 114 Å². The molecule has 1 unspecified atom stereocenters. The van der Waals surface area contributed by atoms with Crippen LogP contribution in [0.4, 0.5) is 0 Å². The Balaban J connectivity index is 1.94. The summed E-state index contributed by atoms with van der Waals surface area (Å²) in [5, 5.41) is 11.6. The highest BCUT2D eigenvalue weighted by atomic mass is 79.9. The molecule has 0 spiro atoms. The molecule has 0 amide bonds. The Morgan fingerprint density at radius 2 is 2.00 bits per heavy atom. The van der Waals surface area contributed by atoms with Crippen LogP contribution in [-0.2, 0) is 0 Å². The summed E-state index contributed by atoms with van der Waals surface area (Å²) in [6.45, 7) is 0. The van der Waals surface area contributed by atoms with Crippen molar-refractivity contribution in [3.63, 3.8) is 0 Å². The Hall–Kier alpha value is -0.380. The molecular weight excluding hydrogens is 296 g/mol. The van der Waals surface area contributed by atoms with Crippen molar-refractivity contribution in [2.45, 2.75) is 31.8 Å².